The summed E-state index contributed by atoms with van der Waals surface area (Å²) in [6.45, 7) is 4.35. The molecule has 2 rings (SSSR count). The molecule has 19 heavy (non-hydrogen) atoms. The fraction of sp³-hybridized carbons (Fsp3) is 0.500. The van der Waals surface area contributed by atoms with Crippen LogP contribution in [0.3, 0.4) is 0 Å². The van der Waals surface area contributed by atoms with Gasteiger partial charge in [-0.25, -0.2) is 0 Å². The van der Waals surface area contributed by atoms with Gasteiger partial charge in [0.05, 0.1) is 6.54 Å². The highest BCUT2D eigenvalue weighted by Gasteiger charge is 2.41. The minimum atomic E-state index is -0.764. The van der Waals surface area contributed by atoms with E-state index in [4.69, 9.17) is 0 Å². The van der Waals surface area contributed by atoms with Crippen molar-refractivity contribution in [2.75, 3.05) is 13.1 Å². The number of carbonyl (C=O) groups is 2. The van der Waals surface area contributed by atoms with Crippen LogP contribution in [0.4, 0.5) is 0 Å². The maximum atomic E-state index is 12.3. The molecule has 1 aromatic rings. The molecule has 1 saturated heterocycles. The fourth-order valence-corrected chi connectivity index (χ4v) is 2.21. The summed E-state index contributed by atoms with van der Waals surface area (Å²) in [4.78, 5) is 29.9. The number of rotatable bonds is 4. The molecule has 1 aromatic heterocycles. The van der Waals surface area contributed by atoms with Gasteiger partial charge >= 0.3 is 0 Å². The van der Waals surface area contributed by atoms with Crippen molar-refractivity contribution in [2.45, 2.75) is 32.2 Å². The second kappa shape index (κ2) is 5.38. The van der Waals surface area contributed by atoms with E-state index in [1.165, 1.54) is 0 Å². The van der Waals surface area contributed by atoms with Gasteiger partial charge in [-0.05, 0) is 25.5 Å². The van der Waals surface area contributed by atoms with E-state index in [0.717, 1.165) is 5.69 Å². The van der Waals surface area contributed by atoms with E-state index in [9.17, 15) is 9.59 Å². The van der Waals surface area contributed by atoms with Gasteiger partial charge in [-0.2, -0.15) is 0 Å². The first kappa shape index (κ1) is 13.5. The minimum Gasteiger partial charge on any atom is -0.340 e. The Kier molecular flexibility index (Phi) is 3.83. The van der Waals surface area contributed by atoms with E-state index in [2.05, 4.69) is 10.3 Å². The number of nitrogens with zero attached hydrogens (tertiary/aromatic N) is 2. The Morgan fingerprint density at radius 1 is 1.42 bits per heavy atom. The Bertz CT molecular complexity index is 475. The zero-order valence-corrected chi connectivity index (χ0v) is 11.3. The molecular formula is C14H19N3O2. The zero-order chi connectivity index (χ0) is 13.9. The number of hydrogen-bond acceptors (Lipinski definition) is 3. The highest BCUT2D eigenvalue weighted by atomic mass is 16.2. The molecule has 1 aliphatic rings. The van der Waals surface area contributed by atoms with E-state index in [0.29, 0.717) is 19.4 Å². The predicted molar refractivity (Wildman–Crippen MR) is 71.4 cm³/mol. The number of aromatic nitrogens is 1. The molecule has 0 bridgehead atoms. The topological polar surface area (TPSA) is 62.3 Å². The zero-order valence-electron chi connectivity index (χ0n) is 11.3. The number of piperazine rings is 1. The molecule has 1 aliphatic heterocycles. The second-order valence-electron chi connectivity index (χ2n) is 5.03. The standard InChI is InChI=1S/C14H19N3O2/c1-3-14(2)13(19)17(10-12(18)16-14)9-7-11-6-4-5-8-15-11/h4-6,8H,3,7,9-10H2,1-2H3,(H,16,18). The second-order valence-corrected chi connectivity index (χ2v) is 5.03. The number of pyridine rings is 1. The molecule has 0 saturated carbocycles. The van der Waals surface area contributed by atoms with E-state index < -0.39 is 5.54 Å². The van der Waals surface area contributed by atoms with E-state index >= 15 is 0 Å². The van der Waals surface area contributed by atoms with Crippen LogP contribution in [0.15, 0.2) is 24.4 Å². The Hall–Kier alpha value is -1.91. The number of hydrogen-bond donors (Lipinski definition) is 1. The molecule has 1 fully saturated rings. The van der Waals surface area contributed by atoms with Crippen LogP contribution in [0, 0.1) is 0 Å². The van der Waals surface area contributed by atoms with Gasteiger partial charge in [0.15, 0.2) is 0 Å². The summed E-state index contributed by atoms with van der Waals surface area (Å²) in [6.07, 6.45) is 2.99. The third-order valence-electron chi connectivity index (χ3n) is 3.58. The van der Waals surface area contributed by atoms with Crippen molar-refractivity contribution >= 4 is 11.8 Å². The Morgan fingerprint density at radius 3 is 2.84 bits per heavy atom. The quantitative estimate of drug-likeness (QED) is 0.870. The summed E-state index contributed by atoms with van der Waals surface area (Å²) in [5, 5.41) is 2.77. The molecule has 102 valence electrons. The molecule has 2 heterocycles. The Balaban J connectivity index is 2.03. The Morgan fingerprint density at radius 2 is 2.21 bits per heavy atom. The van der Waals surface area contributed by atoms with Crippen LogP contribution in [0.5, 0.6) is 0 Å². The summed E-state index contributed by atoms with van der Waals surface area (Å²) < 4.78 is 0. The minimum absolute atomic E-state index is 0.00877. The molecule has 5 nitrogen and oxygen atoms in total. The summed E-state index contributed by atoms with van der Waals surface area (Å²) in [7, 11) is 0. The fourth-order valence-electron chi connectivity index (χ4n) is 2.21. The van der Waals surface area contributed by atoms with Crippen LogP contribution in [0.2, 0.25) is 0 Å². The van der Waals surface area contributed by atoms with Gasteiger partial charge in [0.25, 0.3) is 0 Å². The van der Waals surface area contributed by atoms with E-state index in [1.54, 1.807) is 18.0 Å². The molecule has 0 aromatic carbocycles. The van der Waals surface area contributed by atoms with Crippen LogP contribution in [-0.2, 0) is 16.0 Å². The SMILES string of the molecule is CCC1(C)NC(=O)CN(CCc2ccccn2)C1=O. The van der Waals surface area contributed by atoms with Crippen molar-refractivity contribution in [1.82, 2.24) is 15.2 Å². The van der Waals surface area contributed by atoms with Gasteiger partial charge in [0.2, 0.25) is 11.8 Å². The molecule has 0 radical (unpaired) electrons. The van der Waals surface area contributed by atoms with Gasteiger partial charge < -0.3 is 10.2 Å². The average molecular weight is 261 g/mol. The van der Waals surface area contributed by atoms with Crippen LogP contribution < -0.4 is 5.32 Å². The smallest absolute Gasteiger partial charge is 0.248 e. The first-order valence-electron chi connectivity index (χ1n) is 6.55. The first-order chi connectivity index (χ1) is 9.05. The summed E-state index contributed by atoms with van der Waals surface area (Å²) >= 11 is 0. The summed E-state index contributed by atoms with van der Waals surface area (Å²) in [5.41, 5.74) is 0.166. The molecule has 1 N–H and O–H groups in total. The molecule has 1 atom stereocenters. The summed E-state index contributed by atoms with van der Waals surface area (Å²) in [6, 6.07) is 5.70. The molecule has 5 heteroatoms. The third-order valence-corrected chi connectivity index (χ3v) is 3.58. The van der Waals surface area contributed by atoms with Crippen LogP contribution in [-0.4, -0.2) is 40.3 Å². The molecule has 0 spiro atoms. The van der Waals surface area contributed by atoms with E-state index in [-0.39, 0.29) is 18.4 Å². The monoisotopic (exact) mass is 261 g/mol. The van der Waals surface area contributed by atoms with E-state index in [1.807, 2.05) is 25.1 Å². The van der Waals surface area contributed by atoms with Crippen molar-refractivity contribution < 1.29 is 9.59 Å². The third kappa shape index (κ3) is 2.92. The predicted octanol–water partition coefficient (Wildman–Crippen LogP) is 0.751. The molecule has 0 aliphatic carbocycles. The lowest BCUT2D eigenvalue weighted by Gasteiger charge is -2.39. The maximum absolute atomic E-state index is 12.3. The van der Waals surface area contributed by atoms with Gasteiger partial charge in [-0.3, -0.25) is 14.6 Å². The highest BCUT2D eigenvalue weighted by Crippen LogP contribution is 2.17. The van der Waals surface area contributed by atoms with Crippen molar-refractivity contribution in [3.8, 4) is 0 Å². The Labute approximate surface area is 113 Å². The lowest BCUT2D eigenvalue weighted by atomic mass is 9.94. The normalized spacial score (nSPS) is 23.4. The van der Waals surface area contributed by atoms with Gasteiger partial charge in [0.1, 0.15) is 5.54 Å². The van der Waals surface area contributed by atoms with Gasteiger partial charge in [-0.1, -0.05) is 13.0 Å². The van der Waals surface area contributed by atoms with Crippen molar-refractivity contribution in [3.05, 3.63) is 30.1 Å². The highest BCUT2D eigenvalue weighted by molar-refractivity contribution is 5.97. The lowest BCUT2D eigenvalue weighted by Crippen LogP contribution is -2.65. The largest absolute Gasteiger partial charge is 0.340 e. The number of carbonyl (C=O) groups excluding carboxylic acids is 2. The molecular weight excluding hydrogens is 242 g/mol. The molecule has 1 unspecified atom stereocenters. The van der Waals surface area contributed by atoms with Crippen LogP contribution in [0.25, 0.3) is 0 Å². The average Bonchev–Trinajstić information content (AvgIpc) is 2.42. The van der Waals surface area contributed by atoms with Crippen molar-refractivity contribution in [1.29, 1.82) is 0 Å². The lowest BCUT2D eigenvalue weighted by molar-refractivity contribution is -0.149. The van der Waals surface area contributed by atoms with Crippen molar-refractivity contribution in [2.24, 2.45) is 0 Å². The summed E-state index contributed by atoms with van der Waals surface area (Å²) in [5.74, 6) is -0.101. The van der Waals surface area contributed by atoms with Crippen molar-refractivity contribution in [3.63, 3.8) is 0 Å². The van der Waals surface area contributed by atoms with Gasteiger partial charge in [0, 0.05) is 24.9 Å². The van der Waals surface area contributed by atoms with Crippen LogP contribution >= 0.6 is 0 Å². The van der Waals surface area contributed by atoms with Crippen LogP contribution in [0.1, 0.15) is 26.0 Å². The number of amides is 2. The molecule has 2 amide bonds. The van der Waals surface area contributed by atoms with Gasteiger partial charge in [-0.15, -0.1) is 0 Å². The number of nitrogens with one attached hydrogen (secondary N) is 1. The first-order valence-corrected chi connectivity index (χ1v) is 6.55. The maximum Gasteiger partial charge on any atom is 0.248 e.